The second-order valence-electron chi connectivity index (χ2n) is 5.85. The molecule has 148 valence electrons. The van der Waals surface area contributed by atoms with E-state index in [1.54, 1.807) is 24.3 Å². The van der Waals surface area contributed by atoms with Crippen molar-refractivity contribution >= 4 is 44.9 Å². The molecule has 0 aromatic heterocycles. The van der Waals surface area contributed by atoms with Crippen LogP contribution in [0.1, 0.15) is 30.1 Å². The minimum atomic E-state index is -0.317. The van der Waals surface area contributed by atoms with E-state index < -0.39 is 0 Å². The zero-order chi connectivity index (χ0) is 20.4. The van der Waals surface area contributed by atoms with E-state index in [1.807, 2.05) is 24.3 Å². The van der Waals surface area contributed by atoms with Crippen LogP contribution in [0.2, 0.25) is 0 Å². The van der Waals surface area contributed by atoms with Gasteiger partial charge in [0.2, 0.25) is 0 Å². The Kier molecular flexibility index (Phi) is 8.97. The molecule has 0 bridgehead atoms. The van der Waals surface area contributed by atoms with Gasteiger partial charge in [-0.25, -0.2) is 0 Å². The summed E-state index contributed by atoms with van der Waals surface area (Å²) in [5, 5.41) is 5.83. The third-order valence-electron chi connectivity index (χ3n) is 3.67. The maximum atomic E-state index is 12.5. The molecule has 5 nitrogen and oxygen atoms in total. The van der Waals surface area contributed by atoms with Crippen molar-refractivity contribution in [3.05, 3.63) is 65.2 Å². The van der Waals surface area contributed by atoms with E-state index in [9.17, 15) is 4.79 Å². The van der Waals surface area contributed by atoms with Crippen molar-refractivity contribution in [2.45, 2.75) is 19.8 Å². The van der Waals surface area contributed by atoms with Gasteiger partial charge >= 0.3 is 0 Å². The minimum absolute atomic E-state index is 0.180. The summed E-state index contributed by atoms with van der Waals surface area (Å²) in [6.07, 6.45) is 3.70. The molecule has 0 atom stereocenters. The van der Waals surface area contributed by atoms with Crippen LogP contribution in [0.25, 0.3) is 0 Å². The lowest BCUT2D eigenvalue weighted by atomic mass is 10.2. The number of unbranched alkanes of at least 4 members (excludes halogenated alkanes) is 1. The predicted molar refractivity (Wildman–Crippen MR) is 120 cm³/mol. The van der Waals surface area contributed by atoms with Gasteiger partial charge < -0.3 is 14.8 Å². The molecule has 7 heteroatoms. The maximum absolute atomic E-state index is 12.5. The van der Waals surface area contributed by atoms with Crippen LogP contribution in [-0.2, 0) is 0 Å². The van der Waals surface area contributed by atoms with Gasteiger partial charge in [-0.05, 0) is 64.9 Å². The number of halogens is 1. The van der Waals surface area contributed by atoms with Crippen LogP contribution in [0.15, 0.2) is 59.6 Å². The molecule has 2 aromatic rings. The minimum Gasteiger partial charge on any atom is -0.492 e. The van der Waals surface area contributed by atoms with Crippen molar-refractivity contribution < 1.29 is 14.3 Å². The Balaban J connectivity index is 1.98. The fraction of sp³-hybridized carbons (Fsp3) is 0.238. The summed E-state index contributed by atoms with van der Waals surface area (Å²) in [6.45, 7) is 6.75. The topological polar surface area (TPSA) is 59.6 Å². The van der Waals surface area contributed by atoms with Gasteiger partial charge in [0.05, 0.1) is 16.8 Å². The van der Waals surface area contributed by atoms with Crippen LogP contribution in [0.3, 0.4) is 0 Å². The Bertz CT molecular complexity index is 842. The fourth-order valence-electron chi connectivity index (χ4n) is 2.26. The molecule has 2 aromatic carbocycles. The number of benzene rings is 2. The second-order valence-corrected chi connectivity index (χ2v) is 7.11. The van der Waals surface area contributed by atoms with Crippen LogP contribution >= 0.6 is 28.1 Å². The number of hydrogen-bond donors (Lipinski definition) is 2. The molecule has 0 heterocycles. The van der Waals surface area contributed by atoms with Crippen molar-refractivity contribution in [1.29, 1.82) is 0 Å². The highest BCUT2D eigenvalue weighted by Crippen LogP contribution is 2.26. The Hall–Kier alpha value is -2.38. The molecule has 28 heavy (non-hydrogen) atoms. The van der Waals surface area contributed by atoms with Crippen LogP contribution in [0.5, 0.6) is 11.5 Å². The quantitative estimate of drug-likeness (QED) is 0.300. The van der Waals surface area contributed by atoms with E-state index in [4.69, 9.17) is 21.7 Å². The van der Waals surface area contributed by atoms with E-state index in [2.05, 4.69) is 40.1 Å². The molecule has 0 aliphatic carbocycles. The van der Waals surface area contributed by atoms with E-state index in [0.29, 0.717) is 36.0 Å². The molecule has 0 saturated carbocycles. The molecular weight excluding hydrogens is 440 g/mol. The number of carbonyl (C=O) groups excluding carboxylic acids is 1. The summed E-state index contributed by atoms with van der Waals surface area (Å²) < 4.78 is 12.0. The zero-order valence-electron chi connectivity index (χ0n) is 15.7. The van der Waals surface area contributed by atoms with Gasteiger partial charge in [0.15, 0.2) is 5.11 Å². The third kappa shape index (κ3) is 6.65. The molecule has 0 radical (unpaired) electrons. The van der Waals surface area contributed by atoms with Gasteiger partial charge in [0, 0.05) is 5.56 Å². The number of nitrogens with one attached hydrogen (secondary N) is 2. The second kappa shape index (κ2) is 11.5. The first-order chi connectivity index (χ1) is 13.5. The average Bonchev–Trinajstić information content (AvgIpc) is 2.68. The molecule has 0 fully saturated rings. The van der Waals surface area contributed by atoms with Gasteiger partial charge in [0.25, 0.3) is 5.91 Å². The molecule has 2 rings (SSSR count). The van der Waals surface area contributed by atoms with Gasteiger partial charge in [-0.3, -0.25) is 10.1 Å². The Morgan fingerprint density at radius 3 is 2.71 bits per heavy atom. The number of anilines is 1. The van der Waals surface area contributed by atoms with E-state index in [1.165, 1.54) is 0 Å². The van der Waals surface area contributed by atoms with Crippen molar-refractivity contribution in [2.24, 2.45) is 0 Å². The van der Waals surface area contributed by atoms with Gasteiger partial charge in [0.1, 0.15) is 18.1 Å². The Morgan fingerprint density at radius 1 is 1.21 bits per heavy atom. The summed E-state index contributed by atoms with van der Waals surface area (Å²) in [5.74, 6) is 1.01. The molecule has 0 aliphatic heterocycles. The predicted octanol–water partition coefficient (Wildman–Crippen LogP) is 5.32. The summed E-state index contributed by atoms with van der Waals surface area (Å²) in [4.78, 5) is 12.5. The number of thiocarbonyl (C=S) groups is 1. The highest BCUT2D eigenvalue weighted by Gasteiger charge is 2.12. The summed E-state index contributed by atoms with van der Waals surface area (Å²) in [6, 6.07) is 12.5. The molecule has 0 aliphatic rings. The van der Waals surface area contributed by atoms with Crippen molar-refractivity contribution in [2.75, 3.05) is 18.5 Å². The largest absolute Gasteiger partial charge is 0.492 e. The Labute approximate surface area is 179 Å². The lowest BCUT2D eigenvalue weighted by Crippen LogP contribution is -2.34. The standard InChI is InChI=1S/C21H23BrN2O3S/c1-3-5-13-27-18-11-10-15(14-16(18)22)20(25)24-21(28)23-17-8-6-7-9-19(17)26-12-4-2/h4,6-11,14H,2-3,5,12-13H2,1H3,(H2,23,24,25,28). The van der Waals surface area contributed by atoms with Crippen LogP contribution in [0, 0.1) is 0 Å². The molecular formula is C21H23BrN2O3S. The van der Waals surface area contributed by atoms with Crippen LogP contribution in [0.4, 0.5) is 5.69 Å². The lowest BCUT2D eigenvalue weighted by molar-refractivity contribution is 0.0977. The number of rotatable bonds is 9. The highest BCUT2D eigenvalue weighted by molar-refractivity contribution is 9.10. The first kappa shape index (κ1) is 21.9. The highest BCUT2D eigenvalue weighted by atomic mass is 79.9. The van der Waals surface area contributed by atoms with Crippen LogP contribution in [-0.4, -0.2) is 24.2 Å². The fourth-order valence-corrected chi connectivity index (χ4v) is 2.95. The molecule has 2 N–H and O–H groups in total. The van der Waals surface area contributed by atoms with Gasteiger partial charge in [-0.15, -0.1) is 0 Å². The number of hydrogen-bond acceptors (Lipinski definition) is 4. The maximum Gasteiger partial charge on any atom is 0.257 e. The van der Waals surface area contributed by atoms with Crippen molar-refractivity contribution in [1.82, 2.24) is 5.32 Å². The summed E-state index contributed by atoms with van der Waals surface area (Å²) >= 11 is 8.70. The zero-order valence-corrected chi connectivity index (χ0v) is 18.1. The van der Waals surface area contributed by atoms with Crippen molar-refractivity contribution in [3.8, 4) is 11.5 Å². The summed E-state index contributed by atoms with van der Waals surface area (Å²) in [7, 11) is 0. The average molecular weight is 463 g/mol. The van der Waals surface area contributed by atoms with Gasteiger partial charge in [-0.2, -0.15) is 0 Å². The number of amides is 1. The third-order valence-corrected chi connectivity index (χ3v) is 4.49. The molecule has 0 saturated heterocycles. The lowest BCUT2D eigenvalue weighted by Gasteiger charge is -2.14. The number of carbonyl (C=O) groups is 1. The summed E-state index contributed by atoms with van der Waals surface area (Å²) in [5.41, 5.74) is 1.13. The van der Waals surface area contributed by atoms with Crippen molar-refractivity contribution in [3.63, 3.8) is 0 Å². The molecule has 0 spiro atoms. The number of para-hydroxylation sites is 2. The smallest absolute Gasteiger partial charge is 0.257 e. The normalized spacial score (nSPS) is 10.1. The Morgan fingerprint density at radius 2 is 2.00 bits per heavy atom. The van der Waals surface area contributed by atoms with E-state index >= 15 is 0 Å². The first-order valence-electron chi connectivity index (χ1n) is 8.92. The van der Waals surface area contributed by atoms with Crippen LogP contribution < -0.4 is 20.1 Å². The van der Waals surface area contributed by atoms with E-state index in [0.717, 1.165) is 17.3 Å². The van der Waals surface area contributed by atoms with E-state index in [-0.39, 0.29) is 11.0 Å². The molecule has 1 amide bonds. The monoisotopic (exact) mass is 462 g/mol. The first-order valence-corrected chi connectivity index (χ1v) is 10.1. The number of ether oxygens (including phenoxy) is 2. The SMILES string of the molecule is C=CCOc1ccccc1NC(=S)NC(=O)c1ccc(OCCCC)c(Br)c1. The van der Waals surface area contributed by atoms with Gasteiger partial charge in [-0.1, -0.05) is 38.1 Å². The molecule has 0 unspecified atom stereocenters.